The van der Waals surface area contributed by atoms with Crippen molar-refractivity contribution in [2.45, 2.75) is 25.6 Å². The highest BCUT2D eigenvalue weighted by molar-refractivity contribution is 5.50. The monoisotopic (exact) mass is 398 g/mol. The second-order valence-electron chi connectivity index (χ2n) is 7.14. The Bertz CT molecular complexity index is 982. The van der Waals surface area contributed by atoms with Gasteiger partial charge in [0.25, 0.3) is 0 Å². The molecule has 0 aliphatic carbocycles. The third kappa shape index (κ3) is 3.60. The smallest absolute Gasteiger partial charge is 0.165 e. The molecular weight excluding hydrogens is 374 g/mol. The van der Waals surface area contributed by atoms with Crippen molar-refractivity contribution in [1.29, 1.82) is 0 Å². The standard InChI is InChI=1S/C23H24F2N2O2/c1-28-21-11-3-7-16(23(21)29-2)22-20-10-5-12-26(20)13-6-14-27(22)15-17-18(24)8-4-9-19(17)25/h3-5,7-12,22H,6,13-15H2,1-2H3. The highest BCUT2D eigenvalue weighted by Gasteiger charge is 2.31. The van der Waals surface area contributed by atoms with Crippen molar-refractivity contribution < 1.29 is 18.3 Å². The highest BCUT2D eigenvalue weighted by atomic mass is 19.1. The first kappa shape index (κ1) is 19.5. The van der Waals surface area contributed by atoms with Gasteiger partial charge in [0.2, 0.25) is 0 Å². The first-order chi connectivity index (χ1) is 14.1. The normalized spacial score (nSPS) is 16.9. The molecule has 0 saturated heterocycles. The van der Waals surface area contributed by atoms with E-state index in [0.29, 0.717) is 18.0 Å². The van der Waals surface area contributed by atoms with Crippen molar-refractivity contribution in [2.75, 3.05) is 20.8 Å². The molecule has 0 saturated carbocycles. The molecule has 0 N–H and O–H groups in total. The summed E-state index contributed by atoms with van der Waals surface area (Å²) in [5.74, 6) is 0.208. The van der Waals surface area contributed by atoms with E-state index < -0.39 is 11.6 Å². The van der Waals surface area contributed by atoms with Gasteiger partial charge in [0, 0.05) is 42.7 Å². The van der Waals surface area contributed by atoms with Crippen molar-refractivity contribution in [3.63, 3.8) is 0 Å². The fourth-order valence-corrected chi connectivity index (χ4v) is 4.18. The number of methoxy groups -OCH3 is 2. The van der Waals surface area contributed by atoms with E-state index in [1.807, 2.05) is 30.5 Å². The molecule has 4 rings (SSSR count). The molecule has 6 heteroatoms. The SMILES string of the molecule is COc1cccc(C2c3cccn3CCCN2Cc2c(F)cccc2F)c1OC. The molecule has 29 heavy (non-hydrogen) atoms. The van der Waals surface area contributed by atoms with E-state index in [9.17, 15) is 8.78 Å². The molecule has 0 spiro atoms. The van der Waals surface area contributed by atoms with Gasteiger partial charge in [-0.25, -0.2) is 8.78 Å². The number of rotatable bonds is 5. The summed E-state index contributed by atoms with van der Waals surface area (Å²) in [5, 5.41) is 0. The molecule has 152 valence electrons. The number of aromatic nitrogens is 1. The van der Waals surface area contributed by atoms with Crippen molar-refractivity contribution in [2.24, 2.45) is 0 Å². The molecule has 0 radical (unpaired) electrons. The Morgan fingerprint density at radius 2 is 1.69 bits per heavy atom. The third-order valence-corrected chi connectivity index (χ3v) is 5.51. The predicted octanol–water partition coefficient (Wildman–Crippen LogP) is 4.78. The Kier molecular flexibility index (Phi) is 5.53. The fourth-order valence-electron chi connectivity index (χ4n) is 4.18. The summed E-state index contributed by atoms with van der Waals surface area (Å²) >= 11 is 0. The van der Waals surface area contributed by atoms with Crippen LogP contribution in [0.25, 0.3) is 0 Å². The first-order valence-electron chi connectivity index (χ1n) is 9.67. The van der Waals surface area contributed by atoms with Gasteiger partial charge in [-0.05, 0) is 36.8 Å². The first-order valence-corrected chi connectivity index (χ1v) is 9.67. The Hall–Kier alpha value is -2.86. The molecule has 3 aromatic rings. The topological polar surface area (TPSA) is 26.6 Å². The number of hydrogen-bond donors (Lipinski definition) is 0. The van der Waals surface area contributed by atoms with Crippen molar-refractivity contribution in [1.82, 2.24) is 9.47 Å². The van der Waals surface area contributed by atoms with Crippen molar-refractivity contribution in [3.05, 3.63) is 83.2 Å². The van der Waals surface area contributed by atoms with Gasteiger partial charge in [-0.15, -0.1) is 0 Å². The largest absolute Gasteiger partial charge is 0.493 e. The summed E-state index contributed by atoms with van der Waals surface area (Å²) in [6, 6.07) is 13.6. The molecule has 2 aromatic carbocycles. The molecule has 1 unspecified atom stereocenters. The van der Waals surface area contributed by atoms with Crippen LogP contribution in [-0.4, -0.2) is 30.2 Å². The van der Waals surface area contributed by atoms with E-state index in [0.717, 1.165) is 24.2 Å². The van der Waals surface area contributed by atoms with E-state index in [-0.39, 0.29) is 18.2 Å². The minimum Gasteiger partial charge on any atom is -0.493 e. The Morgan fingerprint density at radius 3 is 2.41 bits per heavy atom. The molecule has 1 aromatic heterocycles. The highest BCUT2D eigenvalue weighted by Crippen LogP contribution is 2.42. The van der Waals surface area contributed by atoms with Gasteiger partial charge in [-0.2, -0.15) is 0 Å². The van der Waals surface area contributed by atoms with E-state index >= 15 is 0 Å². The fraction of sp³-hybridized carbons (Fsp3) is 0.304. The number of hydrogen-bond acceptors (Lipinski definition) is 3. The average molecular weight is 398 g/mol. The molecule has 1 atom stereocenters. The van der Waals surface area contributed by atoms with Crippen LogP contribution in [0.4, 0.5) is 8.78 Å². The summed E-state index contributed by atoms with van der Waals surface area (Å²) in [6.07, 6.45) is 2.92. The quantitative estimate of drug-likeness (QED) is 0.619. The summed E-state index contributed by atoms with van der Waals surface area (Å²) in [7, 11) is 3.21. The lowest BCUT2D eigenvalue weighted by atomic mass is 9.99. The Labute approximate surface area is 169 Å². The van der Waals surface area contributed by atoms with Gasteiger partial charge in [0.1, 0.15) is 11.6 Å². The lowest BCUT2D eigenvalue weighted by molar-refractivity contribution is 0.209. The number of nitrogens with zero attached hydrogens (tertiary/aromatic N) is 2. The van der Waals surface area contributed by atoms with E-state index in [2.05, 4.69) is 15.5 Å². The van der Waals surface area contributed by atoms with E-state index in [1.54, 1.807) is 14.2 Å². The van der Waals surface area contributed by atoms with Gasteiger partial charge >= 0.3 is 0 Å². The third-order valence-electron chi connectivity index (χ3n) is 5.51. The lowest BCUT2D eigenvalue weighted by Crippen LogP contribution is -2.30. The van der Waals surface area contributed by atoms with Crippen LogP contribution in [0, 0.1) is 11.6 Å². The number of fused-ring (bicyclic) bond motifs is 1. The Morgan fingerprint density at radius 1 is 0.931 bits per heavy atom. The molecule has 1 aliphatic heterocycles. The lowest BCUT2D eigenvalue weighted by Gasteiger charge is -2.32. The molecular formula is C23H24F2N2O2. The average Bonchev–Trinajstić information content (AvgIpc) is 3.11. The molecule has 0 bridgehead atoms. The van der Waals surface area contributed by atoms with Gasteiger partial charge < -0.3 is 14.0 Å². The van der Waals surface area contributed by atoms with Crippen LogP contribution in [0.1, 0.15) is 29.3 Å². The number of aryl methyl sites for hydroxylation is 1. The predicted molar refractivity (Wildman–Crippen MR) is 107 cm³/mol. The van der Waals surface area contributed by atoms with Crippen molar-refractivity contribution in [3.8, 4) is 11.5 Å². The van der Waals surface area contributed by atoms with E-state index in [4.69, 9.17) is 9.47 Å². The molecule has 0 amide bonds. The summed E-state index contributed by atoms with van der Waals surface area (Å²) in [6.45, 7) is 1.70. The zero-order valence-corrected chi connectivity index (χ0v) is 16.6. The zero-order valence-electron chi connectivity index (χ0n) is 16.6. The second kappa shape index (κ2) is 8.25. The molecule has 0 fully saturated rings. The number of halogens is 2. The maximum absolute atomic E-state index is 14.4. The van der Waals surface area contributed by atoms with Crippen LogP contribution >= 0.6 is 0 Å². The van der Waals surface area contributed by atoms with Gasteiger partial charge in [0.15, 0.2) is 11.5 Å². The summed E-state index contributed by atoms with van der Waals surface area (Å²) < 4.78 is 42.2. The molecule has 2 heterocycles. The van der Waals surface area contributed by atoms with Gasteiger partial charge in [-0.3, -0.25) is 4.90 Å². The van der Waals surface area contributed by atoms with Gasteiger partial charge in [-0.1, -0.05) is 18.2 Å². The van der Waals surface area contributed by atoms with Crippen LogP contribution in [0.5, 0.6) is 11.5 Å². The summed E-state index contributed by atoms with van der Waals surface area (Å²) in [4.78, 5) is 2.11. The summed E-state index contributed by atoms with van der Waals surface area (Å²) in [5.41, 5.74) is 2.05. The maximum Gasteiger partial charge on any atom is 0.165 e. The minimum absolute atomic E-state index is 0.0827. The van der Waals surface area contributed by atoms with Crippen LogP contribution in [0.15, 0.2) is 54.7 Å². The second-order valence-corrected chi connectivity index (χ2v) is 7.14. The van der Waals surface area contributed by atoms with E-state index in [1.165, 1.54) is 18.2 Å². The number of benzene rings is 2. The molecule has 1 aliphatic rings. The molecule has 4 nitrogen and oxygen atoms in total. The van der Waals surface area contributed by atoms with Crippen LogP contribution in [0.3, 0.4) is 0 Å². The Balaban J connectivity index is 1.85. The number of para-hydroxylation sites is 1. The zero-order chi connectivity index (χ0) is 20.4. The number of ether oxygens (including phenoxy) is 2. The van der Waals surface area contributed by atoms with Crippen molar-refractivity contribution >= 4 is 0 Å². The van der Waals surface area contributed by atoms with Crippen LogP contribution < -0.4 is 9.47 Å². The minimum atomic E-state index is -0.527. The van der Waals surface area contributed by atoms with Gasteiger partial charge in [0.05, 0.1) is 20.3 Å². The van der Waals surface area contributed by atoms with Crippen LogP contribution in [-0.2, 0) is 13.1 Å². The maximum atomic E-state index is 14.4. The van der Waals surface area contributed by atoms with Crippen LogP contribution in [0.2, 0.25) is 0 Å².